The number of rotatable bonds is 6. The molecule has 0 aromatic heterocycles. The van der Waals surface area contributed by atoms with Gasteiger partial charge in [-0.2, -0.15) is 0 Å². The van der Waals surface area contributed by atoms with Crippen LogP contribution in [0.4, 0.5) is 0 Å². The van der Waals surface area contributed by atoms with Gasteiger partial charge < -0.3 is 39.7 Å². The molecule has 11 nitrogen and oxygen atoms in total. The van der Waals surface area contributed by atoms with Crippen LogP contribution in [0, 0.1) is 16.7 Å². The maximum atomic E-state index is 14.5. The number of hydrogen-bond acceptors (Lipinski definition) is 11. The molecule has 0 radical (unpaired) electrons. The molecule has 47 heavy (non-hydrogen) atoms. The number of hydrogen-bond donors (Lipinski definition) is 5. The highest BCUT2D eigenvalue weighted by Gasteiger charge is 2.76. The molecule has 0 amide bonds. The molecular formula is C36H42O11. The molecule has 11 heteroatoms. The van der Waals surface area contributed by atoms with Crippen molar-refractivity contribution in [3.05, 3.63) is 82.9 Å². The summed E-state index contributed by atoms with van der Waals surface area (Å²) in [6.45, 7) is 5.90. The van der Waals surface area contributed by atoms with Gasteiger partial charge in [-0.3, -0.25) is 4.79 Å². The van der Waals surface area contributed by atoms with Crippen LogP contribution in [0.5, 0.6) is 0 Å². The summed E-state index contributed by atoms with van der Waals surface area (Å²) in [5.41, 5.74) is -6.27. The first-order valence-corrected chi connectivity index (χ1v) is 15.9. The van der Waals surface area contributed by atoms with Crippen molar-refractivity contribution in [1.82, 2.24) is 0 Å². The summed E-state index contributed by atoms with van der Waals surface area (Å²) in [6, 6.07) is 16.8. The summed E-state index contributed by atoms with van der Waals surface area (Å²) >= 11 is 0. The molecule has 4 aliphatic rings. The normalized spacial score (nSPS) is 38.1. The van der Waals surface area contributed by atoms with Crippen LogP contribution in [-0.4, -0.2) is 97.7 Å². The third kappa shape index (κ3) is 4.98. The van der Waals surface area contributed by atoms with Crippen LogP contribution in [0.3, 0.4) is 0 Å². The van der Waals surface area contributed by atoms with Crippen molar-refractivity contribution in [3.63, 3.8) is 0 Å². The fourth-order valence-corrected chi connectivity index (χ4v) is 8.52. The second kappa shape index (κ2) is 11.6. The molecular weight excluding hydrogens is 608 g/mol. The van der Waals surface area contributed by atoms with Crippen molar-refractivity contribution in [2.75, 3.05) is 6.61 Å². The zero-order valence-corrected chi connectivity index (χ0v) is 26.8. The second-order valence-electron chi connectivity index (χ2n) is 14.2. The number of carbonyl (C=O) groups is 3. The number of Topliss-reactive ketones (excluding diaryl/α,β-unsaturated/α-hetero) is 1. The van der Waals surface area contributed by atoms with Gasteiger partial charge in [-0.05, 0) is 42.7 Å². The monoisotopic (exact) mass is 650 g/mol. The van der Waals surface area contributed by atoms with E-state index in [1.54, 1.807) is 69.3 Å². The number of aliphatic hydroxyl groups excluding tert-OH is 3. The standard InChI is InChI=1S/C36H42O11/c1-19-23(46-32(42)22(37)15-20-11-7-5-8-12-20)17-36(44)30(47-31(41)21-13-9-6-10-14-21)28-34(4,24(38)16-25-35(28,43)18-45-25)29(40)27(39)26(19)33(36,2)3/h5-14,22-25,27-28,30,37-39,43-44H,15-18H2,1-4H3/t22-,23+,24+,25-,27-,28+,30+,34-,35+,36-/m1/s1. The van der Waals surface area contributed by atoms with E-state index in [9.17, 15) is 39.9 Å². The lowest BCUT2D eigenvalue weighted by Gasteiger charge is -2.66. The Bertz CT molecular complexity index is 1590. The molecule has 1 heterocycles. The largest absolute Gasteiger partial charge is 0.456 e. The van der Waals surface area contributed by atoms with E-state index in [4.69, 9.17) is 14.2 Å². The topological polar surface area (TPSA) is 180 Å². The molecule has 2 aromatic rings. The quantitative estimate of drug-likeness (QED) is 0.227. The van der Waals surface area contributed by atoms with Gasteiger partial charge in [0.25, 0.3) is 0 Å². The minimum absolute atomic E-state index is 0.0388. The number of fused-ring (bicyclic) bond motifs is 5. The van der Waals surface area contributed by atoms with Crippen LogP contribution in [-0.2, 0) is 30.2 Å². The van der Waals surface area contributed by atoms with Gasteiger partial charge in [-0.1, -0.05) is 62.4 Å². The molecule has 6 rings (SSSR count). The van der Waals surface area contributed by atoms with Gasteiger partial charge >= 0.3 is 11.9 Å². The fraction of sp³-hybridized carbons (Fsp3) is 0.528. The Hall–Kier alpha value is -3.45. The molecule has 2 saturated carbocycles. The molecule has 1 aliphatic heterocycles. The third-order valence-electron chi connectivity index (χ3n) is 11.4. The van der Waals surface area contributed by atoms with Gasteiger partial charge in [-0.15, -0.1) is 0 Å². The first-order valence-electron chi connectivity index (χ1n) is 15.9. The zero-order valence-electron chi connectivity index (χ0n) is 26.8. The first-order chi connectivity index (χ1) is 22.1. The maximum absolute atomic E-state index is 14.5. The molecule has 0 spiro atoms. The van der Waals surface area contributed by atoms with Crippen LogP contribution in [0.25, 0.3) is 0 Å². The molecule has 252 valence electrons. The van der Waals surface area contributed by atoms with Crippen molar-refractivity contribution in [3.8, 4) is 0 Å². The highest BCUT2D eigenvalue weighted by Crippen LogP contribution is 2.63. The SMILES string of the molecule is CC1=C2[C@@H](O)C(=O)[C@@]3(C)[C@H]([C@H](OC(=O)c4ccccc4)[C@](O)(C[C@@H]1OC(=O)[C@H](O)Cc1ccccc1)C2(C)C)[C@]1(O)CO[C@@H]1C[C@@H]3O. The van der Waals surface area contributed by atoms with E-state index >= 15 is 0 Å². The van der Waals surface area contributed by atoms with Gasteiger partial charge in [0.1, 0.15) is 29.5 Å². The minimum atomic E-state index is -2.19. The molecule has 1 saturated heterocycles. The molecule has 3 aliphatic carbocycles. The van der Waals surface area contributed by atoms with Gasteiger partial charge in [0, 0.05) is 30.6 Å². The molecule has 2 bridgehead atoms. The van der Waals surface area contributed by atoms with Gasteiger partial charge in [0.2, 0.25) is 0 Å². The van der Waals surface area contributed by atoms with Crippen LogP contribution in [0.15, 0.2) is 71.8 Å². The number of benzene rings is 2. The summed E-state index contributed by atoms with van der Waals surface area (Å²) < 4.78 is 17.6. The highest BCUT2D eigenvalue weighted by molar-refractivity contribution is 5.94. The average Bonchev–Trinajstić information content (AvgIpc) is 3.04. The molecule has 2 aromatic carbocycles. The van der Waals surface area contributed by atoms with E-state index in [0.29, 0.717) is 5.56 Å². The Morgan fingerprint density at radius 3 is 2.19 bits per heavy atom. The maximum Gasteiger partial charge on any atom is 0.338 e. The Balaban J connectivity index is 1.49. The highest BCUT2D eigenvalue weighted by atomic mass is 16.6. The van der Waals surface area contributed by atoms with E-state index in [-0.39, 0.29) is 42.6 Å². The molecule has 10 atom stereocenters. The predicted octanol–water partition coefficient (Wildman–Crippen LogP) is 1.67. The summed E-state index contributed by atoms with van der Waals surface area (Å²) in [5, 5.41) is 59.3. The lowest BCUT2D eigenvalue weighted by molar-refractivity contribution is -0.343. The molecule has 5 N–H and O–H groups in total. The molecule has 0 unspecified atom stereocenters. The van der Waals surface area contributed by atoms with Crippen molar-refractivity contribution < 1.29 is 54.1 Å². The van der Waals surface area contributed by atoms with E-state index in [1.165, 1.54) is 19.1 Å². The minimum Gasteiger partial charge on any atom is -0.456 e. The van der Waals surface area contributed by atoms with E-state index in [0.717, 1.165) is 0 Å². The predicted molar refractivity (Wildman–Crippen MR) is 166 cm³/mol. The van der Waals surface area contributed by atoms with Crippen molar-refractivity contribution in [1.29, 1.82) is 0 Å². The first kappa shape index (κ1) is 33.5. The lowest BCUT2D eigenvalue weighted by Crippen LogP contribution is -2.81. The van der Waals surface area contributed by atoms with Crippen molar-refractivity contribution >= 4 is 17.7 Å². The van der Waals surface area contributed by atoms with Gasteiger partial charge in [-0.25, -0.2) is 9.59 Å². The van der Waals surface area contributed by atoms with Crippen LogP contribution < -0.4 is 0 Å². The summed E-state index contributed by atoms with van der Waals surface area (Å²) in [4.78, 5) is 41.5. The van der Waals surface area contributed by atoms with Crippen LogP contribution in [0.2, 0.25) is 0 Å². The van der Waals surface area contributed by atoms with Crippen molar-refractivity contribution in [2.45, 2.75) is 94.8 Å². The summed E-state index contributed by atoms with van der Waals surface area (Å²) in [6.07, 6.45) is -9.30. The van der Waals surface area contributed by atoms with Gasteiger partial charge in [0.15, 0.2) is 11.9 Å². The summed E-state index contributed by atoms with van der Waals surface area (Å²) in [5.74, 6) is -4.12. The fourth-order valence-electron chi connectivity index (χ4n) is 8.52. The Kier molecular flexibility index (Phi) is 8.26. The van der Waals surface area contributed by atoms with E-state index in [1.807, 2.05) is 0 Å². The third-order valence-corrected chi connectivity index (χ3v) is 11.4. The average molecular weight is 651 g/mol. The lowest BCUT2D eigenvalue weighted by atomic mass is 9.44. The Morgan fingerprint density at radius 2 is 1.60 bits per heavy atom. The number of aliphatic hydroxyl groups is 5. The van der Waals surface area contributed by atoms with Crippen LogP contribution in [0.1, 0.15) is 56.5 Å². The number of esters is 2. The number of carbonyl (C=O) groups excluding carboxylic acids is 3. The zero-order chi connectivity index (χ0) is 34.1. The van der Waals surface area contributed by atoms with E-state index < -0.39 is 82.3 Å². The Morgan fingerprint density at radius 1 is 0.979 bits per heavy atom. The van der Waals surface area contributed by atoms with Gasteiger partial charge in [0.05, 0.1) is 29.8 Å². The van der Waals surface area contributed by atoms with Crippen molar-refractivity contribution in [2.24, 2.45) is 16.7 Å². The molecule has 3 fully saturated rings. The van der Waals surface area contributed by atoms with E-state index in [2.05, 4.69) is 0 Å². The number of ether oxygens (including phenoxy) is 3. The smallest absolute Gasteiger partial charge is 0.338 e. The summed E-state index contributed by atoms with van der Waals surface area (Å²) in [7, 11) is 0. The second-order valence-corrected chi connectivity index (χ2v) is 14.2. The Labute approximate surface area is 272 Å². The number of ketones is 1. The van der Waals surface area contributed by atoms with Crippen LogP contribution >= 0.6 is 0 Å².